The van der Waals surface area contributed by atoms with E-state index in [0.717, 1.165) is 0 Å². The highest BCUT2D eigenvalue weighted by atomic mass is 35.5. The number of halogens is 1. The summed E-state index contributed by atoms with van der Waals surface area (Å²) in [4.78, 5) is 19.1. The van der Waals surface area contributed by atoms with Crippen molar-refractivity contribution >= 4 is 17.6 Å². The predicted octanol–water partition coefficient (Wildman–Crippen LogP) is 2.90. The average molecular weight is 309 g/mol. The molecule has 2 aromatic rings. The van der Waals surface area contributed by atoms with Gasteiger partial charge >= 0.3 is 5.97 Å². The smallest absolute Gasteiger partial charge is 0.356 e. The van der Waals surface area contributed by atoms with Crippen molar-refractivity contribution in [3.63, 3.8) is 0 Å². The van der Waals surface area contributed by atoms with E-state index in [0.29, 0.717) is 23.7 Å². The number of ether oxygens (including phenoxy) is 2. The van der Waals surface area contributed by atoms with Crippen LogP contribution in [0.4, 0.5) is 0 Å². The van der Waals surface area contributed by atoms with E-state index in [1.807, 2.05) is 6.92 Å². The fourth-order valence-corrected chi connectivity index (χ4v) is 1.91. The fourth-order valence-electron chi connectivity index (χ4n) is 1.74. The Balaban J connectivity index is 2.49. The van der Waals surface area contributed by atoms with Gasteiger partial charge in [0, 0.05) is 5.56 Å². The molecule has 0 aliphatic rings. The first-order valence-electron chi connectivity index (χ1n) is 6.13. The van der Waals surface area contributed by atoms with Gasteiger partial charge in [-0.3, -0.25) is 0 Å². The van der Waals surface area contributed by atoms with E-state index in [4.69, 9.17) is 26.2 Å². The molecule has 110 valence electrons. The lowest BCUT2D eigenvalue weighted by Crippen LogP contribution is -2.04. The molecule has 0 aliphatic carbocycles. The van der Waals surface area contributed by atoms with E-state index in [-0.39, 0.29) is 16.5 Å². The van der Waals surface area contributed by atoms with Gasteiger partial charge in [-0.1, -0.05) is 11.6 Å². The van der Waals surface area contributed by atoms with E-state index in [9.17, 15) is 4.79 Å². The van der Waals surface area contributed by atoms with Crippen LogP contribution in [0.15, 0.2) is 24.4 Å². The van der Waals surface area contributed by atoms with Gasteiger partial charge in [0.2, 0.25) is 0 Å². The van der Waals surface area contributed by atoms with Crippen molar-refractivity contribution in [2.75, 3.05) is 13.7 Å². The van der Waals surface area contributed by atoms with Crippen LogP contribution in [0.1, 0.15) is 17.4 Å². The molecule has 6 nitrogen and oxygen atoms in total. The Bertz CT molecular complexity index is 676. The molecule has 0 radical (unpaired) electrons. The highest BCUT2D eigenvalue weighted by molar-refractivity contribution is 6.33. The summed E-state index contributed by atoms with van der Waals surface area (Å²) in [7, 11) is 1.54. The summed E-state index contributed by atoms with van der Waals surface area (Å²) in [5.74, 6) is 0.156. The summed E-state index contributed by atoms with van der Waals surface area (Å²) >= 11 is 5.76. The molecule has 0 fully saturated rings. The molecule has 0 spiro atoms. The van der Waals surface area contributed by atoms with Gasteiger partial charge in [0.25, 0.3) is 0 Å². The van der Waals surface area contributed by atoms with E-state index >= 15 is 0 Å². The highest BCUT2D eigenvalue weighted by Crippen LogP contribution is 2.31. The number of aromatic nitrogens is 2. The van der Waals surface area contributed by atoms with Crippen LogP contribution in [0.25, 0.3) is 11.4 Å². The Labute approximate surface area is 126 Å². The number of aromatic carboxylic acids is 1. The summed E-state index contributed by atoms with van der Waals surface area (Å²) in [6, 6.07) is 5.12. The zero-order valence-electron chi connectivity index (χ0n) is 11.5. The van der Waals surface area contributed by atoms with Gasteiger partial charge in [-0.25, -0.2) is 14.8 Å². The van der Waals surface area contributed by atoms with Crippen molar-refractivity contribution in [1.82, 2.24) is 9.97 Å². The van der Waals surface area contributed by atoms with Crippen LogP contribution < -0.4 is 9.47 Å². The normalized spacial score (nSPS) is 10.2. The average Bonchev–Trinajstić information content (AvgIpc) is 2.47. The molecule has 0 bridgehead atoms. The second-order valence-corrected chi connectivity index (χ2v) is 4.40. The molecule has 0 saturated carbocycles. The van der Waals surface area contributed by atoms with Crippen LogP contribution in [0.3, 0.4) is 0 Å². The van der Waals surface area contributed by atoms with Crippen molar-refractivity contribution < 1.29 is 19.4 Å². The minimum absolute atomic E-state index is 0.00945. The summed E-state index contributed by atoms with van der Waals surface area (Å²) in [6.45, 7) is 2.33. The standard InChI is InChI=1S/C14H13ClN2O4/c1-3-21-11-6-8(4-5-10(11)20-2)13-16-7-9(15)12(17-13)14(18)19/h4-7H,3H2,1-2H3,(H,18,19). The van der Waals surface area contributed by atoms with Crippen LogP contribution in [-0.4, -0.2) is 34.8 Å². The lowest BCUT2D eigenvalue weighted by molar-refractivity contribution is 0.0690. The third-order valence-electron chi connectivity index (χ3n) is 2.67. The summed E-state index contributed by atoms with van der Waals surface area (Å²) in [6.07, 6.45) is 1.26. The Kier molecular flexibility index (Phi) is 4.59. The SMILES string of the molecule is CCOc1cc(-c2ncc(Cl)c(C(=O)O)n2)ccc1OC. The number of carboxylic acid groups (broad SMARTS) is 1. The first-order valence-corrected chi connectivity index (χ1v) is 6.51. The van der Waals surface area contributed by atoms with Gasteiger partial charge in [-0.05, 0) is 25.1 Å². The Morgan fingerprint density at radius 1 is 1.38 bits per heavy atom. The number of hydrogen-bond donors (Lipinski definition) is 1. The quantitative estimate of drug-likeness (QED) is 0.914. The maximum absolute atomic E-state index is 11.1. The third kappa shape index (κ3) is 3.22. The lowest BCUT2D eigenvalue weighted by atomic mass is 10.2. The topological polar surface area (TPSA) is 81.5 Å². The van der Waals surface area contributed by atoms with E-state index < -0.39 is 5.97 Å². The molecule has 1 heterocycles. The Hall–Kier alpha value is -2.34. The molecular formula is C14H13ClN2O4. The maximum atomic E-state index is 11.1. The number of carboxylic acids is 1. The molecule has 0 saturated heterocycles. The predicted molar refractivity (Wildman–Crippen MR) is 77.2 cm³/mol. The number of rotatable bonds is 5. The zero-order chi connectivity index (χ0) is 15.4. The fraction of sp³-hybridized carbons (Fsp3) is 0.214. The van der Waals surface area contributed by atoms with Gasteiger partial charge < -0.3 is 14.6 Å². The van der Waals surface area contributed by atoms with Crippen LogP contribution in [0, 0.1) is 0 Å². The van der Waals surface area contributed by atoms with E-state index in [1.54, 1.807) is 25.3 Å². The Morgan fingerprint density at radius 2 is 2.14 bits per heavy atom. The summed E-state index contributed by atoms with van der Waals surface area (Å²) < 4.78 is 10.7. The monoisotopic (exact) mass is 308 g/mol. The molecule has 21 heavy (non-hydrogen) atoms. The molecule has 1 aromatic heterocycles. The first kappa shape index (κ1) is 15.1. The minimum atomic E-state index is -1.21. The molecule has 0 unspecified atom stereocenters. The van der Waals surface area contributed by atoms with E-state index in [1.165, 1.54) is 6.20 Å². The second kappa shape index (κ2) is 6.41. The second-order valence-electron chi connectivity index (χ2n) is 3.99. The largest absolute Gasteiger partial charge is 0.493 e. The van der Waals surface area contributed by atoms with Gasteiger partial charge in [0.05, 0.1) is 24.9 Å². The van der Waals surface area contributed by atoms with E-state index in [2.05, 4.69) is 9.97 Å². The maximum Gasteiger partial charge on any atom is 0.356 e. The molecule has 0 atom stereocenters. The molecule has 0 amide bonds. The van der Waals surface area contributed by atoms with Gasteiger partial charge in [0.15, 0.2) is 23.0 Å². The molecule has 0 aliphatic heterocycles. The third-order valence-corrected chi connectivity index (χ3v) is 2.94. The first-order chi connectivity index (χ1) is 10.1. The van der Waals surface area contributed by atoms with Crippen molar-refractivity contribution in [3.8, 4) is 22.9 Å². The molecule has 2 rings (SSSR count). The van der Waals surface area contributed by atoms with Gasteiger partial charge in [0.1, 0.15) is 0 Å². The number of carbonyl (C=O) groups is 1. The molecule has 1 N–H and O–H groups in total. The minimum Gasteiger partial charge on any atom is -0.493 e. The molecule has 1 aromatic carbocycles. The van der Waals surface area contributed by atoms with Gasteiger partial charge in [-0.2, -0.15) is 0 Å². The van der Waals surface area contributed by atoms with Crippen molar-refractivity contribution in [1.29, 1.82) is 0 Å². The molecular weight excluding hydrogens is 296 g/mol. The highest BCUT2D eigenvalue weighted by Gasteiger charge is 2.15. The number of benzene rings is 1. The van der Waals surface area contributed by atoms with Crippen LogP contribution in [0.5, 0.6) is 11.5 Å². The van der Waals surface area contributed by atoms with Crippen LogP contribution in [0.2, 0.25) is 5.02 Å². The van der Waals surface area contributed by atoms with Crippen molar-refractivity contribution in [2.45, 2.75) is 6.92 Å². The number of nitrogens with zero attached hydrogens (tertiary/aromatic N) is 2. The van der Waals surface area contributed by atoms with Crippen molar-refractivity contribution in [3.05, 3.63) is 35.1 Å². The van der Waals surface area contributed by atoms with Crippen LogP contribution in [-0.2, 0) is 0 Å². The number of hydrogen-bond acceptors (Lipinski definition) is 5. The zero-order valence-corrected chi connectivity index (χ0v) is 12.2. The van der Waals surface area contributed by atoms with Crippen LogP contribution >= 0.6 is 11.6 Å². The summed E-state index contributed by atoms with van der Waals surface area (Å²) in [5.41, 5.74) is 0.369. The number of methoxy groups -OCH3 is 1. The lowest BCUT2D eigenvalue weighted by Gasteiger charge is -2.10. The van der Waals surface area contributed by atoms with Crippen molar-refractivity contribution in [2.24, 2.45) is 0 Å². The molecule has 7 heteroatoms. The Morgan fingerprint density at radius 3 is 2.76 bits per heavy atom. The summed E-state index contributed by atoms with van der Waals surface area (Å²) in [5, 5.41) is 9.03. The van der Waals surface area contributed by atoms with Gasteiger partial charge in [-0.15, -0.1) is 0 Å².